The van der Waals surface area contributed by atoms with Crippen LogP contribution in [-0.2, 0) is 10.0 Å². The fraction of sp³-hybridized carbons (Fsp3) is 0.400. The van der Waals surface area contributed by atoms with Crippen LogP contribution < -0.4 is 9.62 Å². The quantitative estimate of drug-likeness (QED) is 0.788. The van der Waals surface area contributed by atoms with Gasteiger partial charge in [0.2, 0.25) is 10.0 Å². The molecule has 0 spiro atoms. The lowest BCUT2D eigenvalue weighted by Crippen LogP contribution is -2.36. The minimum atomic E-state index is -3.76. The number of benzene rings is 2. The molecule has 5 nitrogen and oxygen atoms in total. The largest absolute Gasteiger partial charge is 0.378 e. The van der Waals surface area contributed by atoms with E-state index in [-0.39, 0.29) is 17.5 Å². The van der Waals surface area contributed by atoms with Gasteiger partial charge in [0.05, 0.1) is 4.90 Å². The van der Waals surface area contributed by atoms with Crippen LogP contribution in [0.3, 0.4) is 0 Å². The van der Waals surface area contributed by atoms with Gasteiger partial charge in [-0.15, -0.1) is 0 Å². The summed E-state index contributed by atoms with van der Waals surface area (Å²) in [4.78, 5) is 4.28. The first-order valence-electron chi connectivity index (χ1n) is 9.13. The Kier molecular flexibility index (Phi) is 6.14. The molecule has 7 heteroatoms. The number of hydrogen-bond donors (Lipinski definition) is 1. The predicted octanol–water partition coefficient (Wildman–Crippen LogP) is 3.01. The summed E-state index contributed by atoms with van der Waals surface area (Å²) in [6.07, 6.45) is 2.23. The molecular weight excluding hydrogens is 365 g/mol. The summed E-state index contributed by atoms with van der Waals surface area (Å²) in [7, 11) is 0.210. The molecule has 2 aromatic rings. The molecule has 27 heavy (non-hydrogen) atoms. The zero-order valence-corrected chi connectivity index (χ0v) is 16.5. The average Bonchev–Trinajstić information content (AvgIpc) is 3.16. The molecule has 2 aromatic carbocycles. The highest BCUT2D eigenvalue weighted by atomic mass is 32.2. The van der Waals surface area contributed by atoms with Crippen molar-refractivity contribution in [1.82, 2.24) is 9.62 Å². The summed E-state index contributed by atoms with van der Waals surface area (Å²) in [5.74, 6) is -0.562. The van der Waals surface area contributed by atoms with Gasteiger partial charge in [-0.05, 0) is 61.8 Å². The van der Waals surface area contributed by atoms with E-state index in [0.29, 0.717) is 0 Å². The number of sulfonamides is 1. The minimum Gasteiger partial charge on any atom is -0.378 e. The van der Waals surface area contributed by atoms with Crippen LogP contribution in [0.2, 0.25) is 0 Å². The van der Waals surface area contributed by atoms with Gasteiger partial charge in [-0.2, -0.15) is 0 Å². The normalized spacial score (nSPS) is 16.4. The molecule has 1 saturated heterocycles. The summed E-state index contributed by atoms with van der Waals surface area (Å²) >= 11 is 0. The van der Waals surface area contributed by atoms with Crippen LogP contribution in [0, 0.1) is 5.82 Å². The second kappa shape index (κ2) is 8.37. The van der Waals surface area contributed by atoms with Crippen LogP contribution in [0.15, 0.2) is 53.4 Å². The summed E-state index contributed by atoms with van der Waals surface area (Å²) in [6.45, 7) is 2.14. The SMILES string of the molecule is CN(C)c1ccc([C@H](CNS(=O)(=O)c2cccc(F)c2)N2CCCC2)cc1. The molecule has 0 bridgehead atoms. The standard InChI is InChI=1S/C20H26FN3O2S/c1-23(2)18-10-8-16(9-11-18)20(24-12-3-4-13-24)15-22-27(25,26)19-7-5-6-17(21)14-19/h5-11,14,20,22H,3-4,12-13,15H2,1-2H3/t20-/m0/s1. The van der Waals surface area contributed by atoms with Crippen molar-refractivity contribution in [3.05, 3.63) is 59.9 Å². The first kappa shape index (κ1) is 19.8. The van der Waals surface area contributed by atoms with Crippen molar-refractivity contribution < 1.29 is 12.8 Å². The molecule has 1 fully saturated rings. The maximum Gasteiger partial charge on any atom is 0.240 e. The number of rotatable bonds is 7. The lowest BCUT2D eigenvalue weighted by Gasteiger charge is -2.28. The molecule has 0 amide bonds. The number of halogens is 1. The van der Waals surface area contributed by atoms with Gasteiger partial charge in [-0.3, -0.25) is 4.90 Å². The molecule has 146 valence electrons. The Bertz CT molecular complexity index is 863. The first-order valence-corrected chi connectivity index (χ1v) is 10.6. The molecule has 1 aliphatic rings. The Morgan fingerprint density at radius 2 is 1.78 bits per heavy atom. The van der Waals surface area contributed by atoms with Crippen molar-refractivity contribution in [1.29, 1.82) is 0 Å². The zero-order chi connectivity index (χ0) is 19.4. The Labute approximate surface area is 160 Å². The summed E-state index contributed by atoms with van der Waals surface area (Å²) in [6, 6.07) is 13.2. The summed E-state index contributed by atoms with van der Waals surface area (Å²) in [5.41, 5.74) is 2.17. The molecule has 3 rings (SSSR count). The second-order valence-corrected chi connectivity index (χ2v) is 8.82. The predicted molar refractivity (Wildman–Crippen MR) is 106 cm³/mol. The van der Waals surface area contributed by atoms with E-state index < -0.39 is 15.8 Å². The van der Waals surface area contributed by atoms with E-state index in [0.717, 1.165) is 43.2 Å². The maximum atomic E-state index is 13.4. The molecule has 0 radical (unpaired) electrons. The van der Waals surface area contributed by atoms with Crippen LogP contribution >= 0.6 is 0 Å². The number of anilines is 1. The highest BCUT2D eigenvalue weighted by molar-refractivity contribution is 7.89. The van der Waals surface area contributed by atoms with Crippen LogP contribution in [0.4, 0.5) is 10.1 Å². The fourth-order valence-electron chi connectivity index (χ4n) is 3.41. The van der Waals surface area contributed by atoms with Gasteiger partial charge >= 0.3 is 0 Å². The van der Waals surface area contributed by atoms with Crippen LogP contribution in [0.25, 0.3) is 0 Å². The molecule has 1 atom stereocenters. The van der Waals surface area contributed by atoms with Crippen LogP contribution in [-0.4, -0.2) is 47.0 Å². The van der Waals surface area contributed by atoms with Gasteiger partial charge < -0.3 is 4.90 Å². The number of likely N-dealkylation sites (tertiary alicyclic amines) is 1. The molecular formula is C20H26FN3O2S. The van der Waals surface area contributed by atoms with E-state index >= 15 is 0 Å². The topological polar surface area (TPSA) is 52.7 Å². The third-order valence-electron chi connectivity index (χ3n) is 4.95. The highest BCUT2D eigenvalue weighted by Crippen LogP contribution is 2.26. The first-order chi connectivity index (χ1) is 12.9. The number of hydrogen-bond acceptors (Lipinski definition) is 4. The molecule has 0 aromatic heterocycles. The summed E-state index contributed by atoms with van der Waals surface area (Å²) in [5, 5.41) is 0. The van der Waals surface area contributed by atoms with E-state index in [1.807, 2.05) is 31.1 Å². The molecule has 0 aliphatic carbocycles. The average molecular weight is 392 g/mol. The molecule has 1 heterocycles. The Hall–Kier alpha value is -1.96. The van der Waals surface area contributed by atoms with Gasteiger partial charge in [0.25, 0.3) is 0 Å². The van der Waals surface area contributed by atoms with Crippen molar-refractivity contribution >= 4 is 15.7 Å². The van der Waals surface area contributed by atoms with Crippen molar-refractivity contribution in [2.24, 2.45) is 0 Å². The van der Waals surface area contributed by atoms with Crippen LogP contribution in [0.1, 0.15) is 24.4 Å². The van der Waals surface area contributed by atoms with E-state index in [1.165, 1.54) is 18.2 Å². The molecule has 0 saturated carbocycles. The van der Waals surface area contributed by atoms with E-state index in [9.17, 15) is 12.8 Å². The lowest BCUT2D eigenvalue weighted by molar-refractivity contribution is 0.246. The molecule has 1 N–H and O–H groups in total. The number of nitrogens with zero attached hydrogens (tertiary/aromatic N) is 2. The third-order valence-corrected chi connectivity index (χ3v) is 6.37. The van der Waals surface area contributed by atoms with Gasteiger partial charge in [0.15, 0.2) is 0 Å². The van der Waals surface area contributed by atoms with Gasteiger partial charge in [0.1, 0.15) is 5.82 Å². The van der Waals surface area contributed by atoms with Gasteiger partial charge in [-0.1, -0.05) is 18.2 Å². The fourth-order valence-corrected chi connectivity index (χ4v) is 4.48. The Morgan fingerprint density at radius 3 is 2.37 bits per heavy atom. The maximum absolute atomic E-state index is 13.4. The van der Waals surface area contributed by atoms with Crippen molar-refractivity contribution in [2.75, 3.05) is 38.6 Å². The monoisotopic (exact) mass is 391 g/mol. The minimum absolute atomic E-state index is 0.0490. The molecule has 1 aliphatic heterocycles. The van der Waals surface area contributed by atoms with E-state index in [1.54, 1.807) is 0 Å². The molecule has 0 unspecified atom stereocenters. The van der Waals surface area contributed by atoms with E-state index in [2.05, 4.69) is 21.8 Å². The van der Waals surface area contributed by atoms with Crippen LogP contribution in [0.5, 0.6) is 0 Å². The van der Waals surface area contributed by atoms with Gasteiger partial charge in [0, 0.05) is 32.4 Å². The van der Waals surface area contributed by atoms with Crippen molar-refractivity contribution in [3.63, 3.8) is 0 Å². The summed E-state index contributed by atoms with van der Waals surface area (Å²) < 4.78 is 41.2. The Morgan fingerprint density at radius 1 is 1.11 bits per heavy atom. The van der Waals surface area contributed by atoms with E-state index in [4.69, 9.17) is 0 Å². The second-order valence-electron chi connectivity index (χ2n) is 7.05. The lowest BCUT2D eigenvalue weighted by atomic mass is 10.1. The van der Waals surface area contributed by atoms with Crippen molar-refractivity contribution in [2.45, 2.75) is 23.8 Å². The third kappa shape index (κ3) is 4.86. The smallest absolute Gasteiger partial charge is 0.240 e. The Balaban J connectivity index is 1.79. The highest BCUT2D eigenvalue weighted by Gasteiger charge is 2.26. The van der Waals surface area contributed by atoms with Crippen molar-refractivity contribution in [3.8, 4) is 0 Å². The number of nitrogens with one attached hydrogen (secondary N) is 1. The van der Waals surface area contributed by atoms with Gasteiger partial charge in [-0.25, -0.2) is 17.5 Å². The zero-order valence-electron chi connectivity index (χ0n) is 15.7.